The zero-order valence-corrected chi connectivity index (χ0v) is 18.3. The van der Waals surface area contributed by atoms with Crippen LogP contribution in [0.4, 0.5) is 4.39 Å². The molecule has 1 N–H and O–H groups in total. The van der Waals surface area contributed by atoms with Gasteiger partial charge in [-0.05, 0) is 68.2 Å². The van der Waals surface area contributed by atoms with Crippen LogP contribution < -0.4 is 9.47 Å². The number of methoxy groups -OCH3 is 1. The Kier molecular flexibility index (Phi) is 7.63. The Balaban J connectivity index is 1.94. The van der Waals surface area contributed by atoms with Gasteiger partial charge in [0.25, 0.3) is 0 Å². The highest BCUT2D eigenvalue weighted by Gasteiger charge is 2.11. The molecule has 0 saturated carbocycles. The molecule has 0 heterocycles. The SMILES string of the molecule is COc1ccccc1-c1ccc(OCCN(C)C)c(C=CC(=O)c2ccc(O)c(F)c2)c1. The Labute approximate surface area is 187 Å². The lowest BCUT2D eigenvalue weighted by Crippen LogP contribution is -2.19. The number of benzene rings is 3. The molecule has 166 valence electrons. The van der Waals surface area contributed by atoms with Gasteiger partial charge in [0.05, 0.1) is 7.11 Å². The number of carbonyl (C=O) groups is 1. The van der Waals surface area contributed by atoms with E-state index < -0.39 is 11.6 Å². The second-order valence-electron chi connectivity index (χ2n) is 7.47. The monoisotopic (exact) mass is 435 g/mol. The highest BCUT2D eigenvalue weighted by molar-refractivity contribution is 6.07. The van der Waals surface area contributed by atoms with Crippen LogP contribution in [0.2, 0.25) is 0 Å². The van der Waals surface area contributed by atoms with Crippen molar-refractivity contribution in [2.24, 2.45) is 0 Å². The molecular formula is C26H26FNO4. The van der Waals surface area contributed by atoms with E-state index in [0.29, 0.717) is 17.9 Å². The number of hydrogen-bond donors (Lipinski definition) is 1. The average Bonchev–Trinajstić information content (AvgIpc) is 2.79. The van der Waals surface area contributed by atoms with Gasteiger partial charge >= 0.3 is 0 Å². The Morgan fingerprint density at radius 3 is 2.56 bits per heavy atom. The molecule has 0 atom stereocenters. The molecule has 3 aromatic carbocycles. The quantitative estimate of drug-likeness (QED) is 0.377. The Morgan fingerprint density at radius 2 is 1.84 bits per heavy atom. The fourth-order valence-corrected chi connectivity index (χ4v) is 3.12. The maximum absolute atomic E-state index is 13.6. The van der Waals surface area contributed by atoms with E-state index in [2.05, 4.69) is 0 Å². The maximum Gasteiger partial charge on any atom is 0.185 e. The first-order valence-corrected chi connectivity index (χ1v) is 10.1. The lowest BCUT2D eigenvalue weighted by Gasteiger charge is -2.15. The largest absolute Gasteiger partial charge is 0.505 e. The fraction of sp³-hybridized carbons (Fsp3) is 0.192. The molecule has 32 heavy (non-hydrogen) atoms. The molecule has 0 aliphatic rings. The molecule has 0 aromatic heterocycles. The summed E-state index contributed by atoms with van der Waals surface area (Å²) in [6.07, 6.45) is 3.02. The van der Waals surface area contributed by atoms with Crippen LogP contribution >= 0.6 is 0 Å². The second kappa shape index (κ2) is 10.6. The number of rotatable bonds is 9. The summed E-state index contributed by atoms with van der Waals surface area (Å²) >= 11 is 0. The van der Waals surface area contributed by atoms with E-state index in [4.69, 9.17) is 9.47 Å². The van der Waals surface area contributed by atoms with E-state index in [9.17, 15) is 14.3 Å². The van der Waals surface area contributed by atoms with Gasteiger partial charge in [0.15, 0.2) is 17.3 Å². The lowest BCUT2D eigenvalue weighted by molar-refractivity contribution is 0.104. The van der Waals surface area contributed by atoms with E-state index in [1.807, 2.05) is 61.5 Å². The summed E-state index contributed by atoms with van der Waals surface area (Å²) in [5.41, 5.74) is 2.67. The Bertz CT molecular complexity index is 1120. The van der Waals surface area contributed by atoms with Crippen molar-refractivity contribution in [3.05, 3.63) is 83.7 Å². The number of allylic oxidation sites excluding steroid dienone is 1. The van der Waals surface area contributed by atoms with Crippen LogP contribution in [0.1, 0.15) is 15.9 Å². The summed E-state index contributed by atoms with van der Waals surface area (Å²) in [4.78, 5) is 14.6. The van der Waals surface area contributed by atoms with Crippen molar-refractivity contribution in [2.45, 2.75) is 0 Å². The second-order valence-corrected chi connectivity index (χ2v) is 7.47. The number of hydrogen-bond acceptors (Lipinski definition) is 5. The molecule has 3 aromatic rings. The summed E-state index contributed by atoms with van der Waals surface area (Å²) in [5, 5.41) is 9.34. The minimum Gasteiger partial charge on any atom is -0.505 e. The number of nitrogens with zero attached hydrogens (tertiary/aromatic N) is 1. The molecule has 0 aliphatic heterocycles. The van der Waals surface area contributed by atoms with Crippen molar-refractivity contribution in [1.82, 2.24) is 4.90 Å². The molecule has 0 saturated heterocycles. The zero-order valence-electron chi connectivity index (χ0n) is 18.3. The van der Waals surface area contributed by atoms with Crippen LogP contribution in [0.3, 0.4) is 0 Å². The number of phenolic OH excluding ortho intramolecular Hbond substituents is 1. The number of ketones is 1. The highest BCUT2D eigenvalue weighted by Crippen LogP contribution is 2.33. The lowest BCUT2D eigenvalue weighted by atomic mass is 10.0. The van der Waals surface area contributed by atoms with E-state index in [-0.39, 0.29) is 11.3 Å². The first-order chi connectivity index (χ1) is 15.4. The van der Waals surface area contributed by atoms with Gasteiger partial charge in [-0.2, -0.15) is 0 Å². The zero-order chi connectivity index (χ0) is 23.1. The fourth-order valence-electron chi connectivity index (χ4n) is 3.12. The summed E-state index contributed by atoms with van der Waals surface area (Å²) in [7, 11) is 5.54. The Hall–Kier alpha value is -3.64. The van der Waals surface area contributed by atoms with Crippen LogP contribution in [-0.2, 0) is 0 Å². The van der Waals surface area contributed by atoms with E-state index >= 15 is 0 Å². The number of likely N-dealkylation sites (N-methyl/N-ethyl adjacent to an activating group) is 1. The number of para-hydroxylation sites is 1. The number of halogens is 1. The van der Waals surface area contributed by atoms with Gasteiger partial charge in [-0.1, -0.05) is 24.3 Å². The van der Waals surface area contributed by atoms with Crippen LogP contribution in [0.15, 0.2) is 66.7 Å². The van der Waals surface area contributed by atoms with Crippen LogP contribution in [-0.4, -0.2) is 50.1 Å². The van der Waals surface area contributed by atoms with Gasteiger partial charge in [-0.3, -0.25) is 4.79 Å². The van der Waals surface area contributed by atoms with Crippen molar-refractivity contribution in [1.29, 1.82) is 0 Å². The van der Waals surface area contributed by atoms with Crippen molar-refractivity contribution in [3.8, 4) is 28.4 Å². The molecule has 0 bridgehead atoms. The van der Waals surface area contributed by atoms with Crippen LogP contribution in [0.25, 0.3) is 17.2 Å². The number of ether oxygens (including phenoxy) is 2. The van der Waals surface area contributed by atoms with Crippen molar-refractivity contribution in [3.63, 3.8) is 0 Å². The summed E-state index contributed by atoms with van der Waals surface area (Å²) in [5.74, 6) is -0.349. The summed E-state index contributed by atoms with van der Waals surface area (Å²) in [6, 6.07) is 17.0. The molecule has 5 nitrogen and oxygen atoms in total. The predicted octanol–water partition coefficient (Wildman–Crippen LogP) is 5.04. The normalized spacial score (nSPS) is 11.2. The van der Waals surface area contributed by atoms with Crippen molar-refractivity contribution in [2.75, 3.05) is 34.4 Å². The first kappa shape index (κ1) is 23.0. The molecule has 0 fully saturated rings. The average molecular weight is 435 g/mol. The third-order valence-electron chi connectivity index (χ3n) is 4.87. The molecule has 0 unspecified atom stereocenters. The maximum atomic E-state index is 13.6. The van der Waals surface area contributed by atoms with Gasteiger partial charge in [0.1, 0.15) is 18.1 Å². The van der Waals surface area contributed by atoms with Gasteiger partial charge < -0.3 is 19.5 Å². The molecule has 0 amide bonds. The van der Waals surface area contributed by atoms with Crippen molar-refractivity contribution >= 4 is 11.9 Å². The number of carbonyl (C=O) groups excluding carboxylic acids is 1. The minimum atomic E-state index is -0.838. The van der Waals surface area contributed by atoms with Crippen molar-refractivity contribution < 1.29 is 23.8 Å². The number of phenols is 1. The van der Waals surface area contributed by atoms with Gasteiger partial charge in [-0.25, -0.2) is 4.39 Å². The minimum absolute atomic E-state index is 0.146. The molecule has 0 spiro atoms. The first-order valence-electron chi connectivity index (χ1n) is 10.1. The molecule has 6 heteroatoms. The van der Waals surface area contributed by atoms with Gasteiger partial charge in [0, 0.05) is 23.2 Å². The van der Waals surface area contributed by atoms with Gasteiger partial charge in [0.2, 0.25) is 0 Å². The molecule has 0 radical (unpaired) electrons. The molecular weight excluding hydrogens is 409 g/mol. The summed E-state index contributed by atoms with van der Waals surface area (Å²) < 4.78 is 25.0. The standard InChI is InChI=1S/C26H26FNO4/c1-28(2)14-15-32-25-13-10-18(21-6-4-5-7-26(21)31-3)16-20(25)9-11-23(29)19-8-12-24(30)22(27)17-19/h4-13,16-17,30H,14-15H2,1-3H3. The third kappa shape index (κ3) is 5.74. The highest BCUT2D eigenvalue weighted by atomic mass is 19.1. The molecule has 0 aliphatic carbocycles. The van der Waals surface area contributed by atoms with Crippen LogP contribution in [0, 0.1) is 5.82 Å². The van der Waals surface area contributed by atoms with Gasteiger partial charge in [-0.15, -0.1) is 0 Å². The third-order valence-corrected chi connectivity index (χ3v) is 4.87. The summed E-state index contributed by atoms with van der Waals surface area (Å²) in [6.45, 7) is 1.22. The van der Waals surface area contributed by atoms with E-state index in [0.717, 1.165) is 35.6 Å². The van der Waals surface area contributed by atoms with E-state index in [1.54, 1.807) is 13.2 Å². The number of aromatic hydroxyl groups is 1. The smallest absolute Gasteiger partial charge is 0.185 e. The molecule has 3 rings (SSSR count). The predicted molar refractivity (Wildman–Crippen MR) is 124 cm³/mol. The Morgan fingerprint density at radius 1 is 1.06 bits per heavy atom. The van der Waals surface area contributed by atoms with E-state index in [1.165, 1.54) is 12.1 Å². The van der Waals surface area contributed by atoms with Crippen LogP contribution in [0.5, 0.6) is 17.2 Å². The topological polar surface area (TPSA) is 59.0 Å².